The van der Waals surface area contributed by atoms with Crippen molar-refractivity contribution >= 4 is 5.91 Å². The number of rotatable bonds is 5. The third kappa shape index (κ3) is 5.41. The van der Waals surface area contributed by atoms with Crippen molar-refractivity contribution in [2.75, 3.05) is 6.54 Å². The van der Waals surface area contributed by atoms with Crippen LogP contribution >= 0.6 is 0 Å². The molecular formula is C12H20N2O. The van der Waals surface area contributed by atoms with Gasteiger partial charge in [0, 0.05) is 19.4 Å². The average molecular weight is 208 g/mol. The molecule has 3 nitrogen and oxygen atoms in total. The van der Waals surface area contributed by atoms with Gasteiger partial charge in [-0.1, -0.05) is 32.1 Å². The van der Waals surface area contributed by atoms with Gasteiger partial charge >= 0.3 is 0 Å². The van der Waals surface area contributed by atoms with Gasteiger partial charge in [-0.05, 0) is 12.3 Å². The molecule has 1 aliphatic carbocycles. The largest absolute Gasteiger partial charge is 0.356 e. The Labute approximate surface area is 91.9 Å². The first-order valence-electron chi connectivity index (χ1n) is 5.96. The maximum Gasteiger partial charge on any atom is 0.221 e. The van der Waals surface area contributed by atoms with Crippen molar-refractivity contribution in [3.05, 3.63) is 0 Å². The molecule has 3 heteroatoms. The normalized spacial score (nSPS) is 17.0. The molecule has 1 fully saturated rings. The van der Waals surface area contributed by atoms with Crippen molar-refractivity contribution in [2.24, 2.45) is 5.92 Å². The molecule has 0 spiro atoms. The third-order valence-corrected chi connectivity index (χ3v) is 3.06. The summed E-state index contributed by atoms with van der Waals surface area (Å²) in [5, 5.41) is 11.2. The molecule has 0 aliphatic heterocycles. The molecule has 1 rings (SSSR count). The van der Waals surface area contributed by atoms with Crippen molar-refractivity contribution < 1.29 is 4.79 Å². The smallest absolute Gasteiger partial charge is 0.221 e. The minimum absolute atomic E-state index is 0.0207. The summed E-state index contributed by atoms with van der Waals surface area (Å²) >= 11 is 0. The topological polar surface area (TPSA) is 52.9 Å². The summed E-state index contributed by atoms with van der Waals surface area (Å²) in [5.74, 6) is 0.836. The molecule has 0 heterocycles. The van der Waals surface area contributed by atoms with Gasteiger partial charge in [-0.3, -0.25) is 4.79 Å². The summed E-state index contributed by atoms with van der Waals surface area (Å²) in [6, 6.07) is 1.98. The molecule has 1 N–H and O–H groups in total. The predicted molar refractivity (Wildman–Crippen MR) is 59.0 cm³/mol. The predicted octanol–water partition coefficient (Wildman–Crippen LogP) is 2.38. The lowest BCUT2D eigenvalue weighted by Gasteiger charge is -2.21. The lowest BCUT2D eigenvalue weighted by atomic mass is 9.87. The van der Waals surface area contributed by atoms with E-state index in [1.54, 1.807) is 0 Å². The summed E-state index contributed by atoms with van der Waals surface area (Å²) in [6.07, 6.45) is 8.53. The lowest BCUT2D eigenvalue weighted by molar-refractivity contribution is -0.121. The summed E-state index contributed by atoms with van der Waals surface area (Å²) < 4.78 is 0. The summed E-state index contributed by atoms with van der Waals surface area (Å²) in [7, 11) is 0. The second kappa shape index (κ2) is 7.28. The molecule has 0 aromatic heterocycles. The Bertz CT molecular complexity index is 226. The van der Waals surface area contributed by atoms with Gasteiger partial charge in [-0.15, -0.1) is 0 Å². The van der Waals surface area contributed by atoms with E-state index < -0.39 is 0 Å². The number of amides is 1. The van der Waals surface area contributed by atoms with E-state index >= 15 is 0 Å². The van der Waals surface area contributed by atoms with E-state index in [0.717, 1.165) is 18.9 Å². The minimum Gasteiger partial charge on any atom is -0.356 e. The highest BCUT2D eigenvalue weighted by Gasteiger charge is 2.12. The fraction of sp³-hybridized carbons (Fsp3) is 0.833. The molecule has 1 saturated carbocycles. The van der Waals surface area contributed by atoms with E-state index in [0.29, 0.717) is 12.8 Å². The highest BCUT2D eigenvalue weighted by atomic mass is 16.1. The van der Waals surface area contributed by atoms with E-state index in [1.165, 1.54) is 32.1 Å². The molecule has 0 aromatic rings. The van der Waals surface area contributed by atoms with Crippen molar-refractivity contribution in [2.45, 2.75) is 51.4 Å². The summed E-state index contributed by atoms with van der Waals surface area (Å²) in [6.45, 7) is 0.787. The zero-order valence-electron chi connectivity index (χ0n) is 9.30. The molecule has 0 saturated heterocycles. The van der Waals surface area contributed by atoms with Crippen LogP contribution in [0.5, 0.6) is 0 Å². The Morgan fingerprint density at radius 2 is 2.07 bits per heavy atom. The van der Waals surface area contributed by atoms with E-state index in [2.05, 4.69) is 5.32 Å². The maximum absolute atomic E-state index is 11.2. The molecule has 1 aliphatic rings. The molecule has 0 radical (unpaired) electrons. The lowest BCUT2D eigenvalue weighted by Crippen LogP contribution is -2.26. The number of nitriles is 1. The van der Waals surface area contributed by atoms with Gasteiger partial charge in [-0.2, -0.15) is 5.26 Å². The van der Waals surface area contributed by atoms with Crippen molar-refractivity contribution in [3.63, 3.8) is 0 Å². The van der Waals surface area contributed by atoms with Crippen LogP contribution in [0.25, 0.3) is 0 Å². The number of hydrogen-bond acceptors (Lipinski definition) is 2. The molecule has 84 valence electrons. The Kier molecular flexibility index (Phi) is 5.84. The standard InChI is InChI=1S/C12H20N2O/c13-9-4-7-12(15)14-10-8-11-5-2-1-3-6-11/h11H,1-8,10H2,(H,14,15). The summed E-state index contributed by atoms with van der Waals surface area (Å²) in [5.41, 5.74) is 0. The zero-order valence-corrected chi connectivity index (χ0v) is 9.30. The van der Waals surface area contributed by atoms with Gasteiger partial charge in [0.2, 0.25) is 5.91 Å². The van der Waals surface area contributed by atoms with Gasteiger partial charge in [0.15, 0.2) is 0 Å². The first-order valence-corrected chi connectivity index (χ1v) is 5.96. The van der Waals surface area contributed by atoms with E-state index in [9.17, 15) is 4.79 Å². The molecular weight excluding hydrogens is 188 g/mol. The minimum atomic E-state index is 0.0207. The second-order valence-corrected chi connectivity index (χ2v) is 4.30. The van der Waals surface area contributed by atoms with Crippen LogP contribution in [0.3, 0.4) is 0 Å². The van der Waals surface area contributed by atoms with Crippen molar-refractivity contribution in [1.82, 2.24) is 5.32 Å². The van der Waals surface area contributed by atoms with Gasteiger partial charge in [-0.25, -0.2) is 0 Å². The van der Waals surface area contributed by atoms with E-state index in [1.807, 2.05) is 6.07 Å². The SMILES string of the molecule is N#CCCC(=O)NCCC1CCCCC1. The molecule has 0 aromatic carbocycles. The first kappa shape index (κ1) is 12.0. The Morgan fingerprint density at radius 3 is 2.73 bits per heavy atom. The van der Waals surface area contributed by atoms with Crippen LogP contribution in [0.2, 0.25) is 0 Å². The van der Waals surface area contributed by atoms with Gasteiger partial charge in [0.05, 0.1) is 6.07 Å². The van der Waals surface area contributed by atoms with E-state index in [4.69, 9.17) is 5.26 Å². The summed E-state index contributed by atoms with van der Waals surface area (Å²) in [4.78, 5) is 11.2. The van der Waals surface area contributed by atoms with Crippen LogP contribution in [0, 0.1) is 17.2 Å². The van der Waals surface area contributed by atoms with Gasteiger partial charge in [0.1, 0.15) is 0 Å². The molecule has 0 atom stereocenters. The fourth-order valence-corrected chi connectivity index (χ4v) is 2.15. The number of nitrogens with zero attached hydrogens (tertiary/aromatic N) is 1. The monoisotopic (exact) mass is 208 g/mol. The third-order valence-electron chi connectivity index (χ3n) is 3.06. The van der Waals surface area contributed by atoms with Crippen molar-refractivity contribution in [3.8, 4) is 6.07 Å². The molecule has 15 heavy (non-hydrogen) atoms. The molecule has 0 bridgehead atoms. The Hall–Kier alpha value is -1.04. The van der Waals surface area contributed by atoms with Gasteiger partial charge < -0.3 is 5.32 Å². The number of carbonyl (C=O) groups excluding carboxylic acids is 1. The quantitative estimate of drug-likeness (QED) is 0.754. The van der Waals surface area contributed by atoms with Crippen LogP contribution in [-0.2, 0) is 4.79 Å². The van der Waals surface area contributed by atoms with Crippen LogP contribution in [0.15, 0.2) is 0 Å². The maximum atomic E-state index is 11.2. The van der Waals surface area contributed by atoms with Crippen LogP contribution < -0.4 is 5.32 Å². The first-order chi connectivity index (χ1) is 7.33. The Balaban J connectivity index is 2.00. The van der Waals surface area contributed by atoms with E-state index in [-0.39, 0.29) is 5.91 Å². The number of carbonyl (C=O) groups is 1. The molecule has 0 unspecified atom stereocenters. The number of nitrogens with one attached hydrogen (secondary N) is 1. The zero-order chi connectivity index (χ0) is 10.9. The Morgan fingerprint density at radius 1 is 1.33 bits per heavy atom. The van der Waals surface area contributed by atoms with Crippen LogP contribution in [-0.4, -0.2) is 12.5 Å². The van der Waals surface area contributed by atoms with Crippen LogP contribution in [0.1, 0.15) is 51.4 Å². The van der Waals surface area contributed by atoms with Crippen LogP contribution in [0.4, 0.5) is 0 Å². The average Bonchev–Trinajstić information content (AvgIpc) is 2.28. The highest BCUT2D eigenvalue weighted by Crippen LogP contribution is 2.25. The van der Waals surface area contributed by atoms with Gasteiger partial charge in [0.25, 0.3) is 0 Å². The highest BCUT2D eigenvalue weighted by molar-refractivity contribution is 5.75. The fourth-order valence-electron chi connectivity index (χ4n) is 2.15. The molecule has 1 amide bonds. The number of hydrogen-bond donors (Lipinski definition) is 1. The van der Waals surface area contributed by atoms with Crippen molar-refractivity contribution in [1.29, 1.82) is 5.26 Å². The second-order valence-electron chi connectivity index (χ2n) is 4.30.